The highest BCUT2D eigenvalue weighted by molar-refractivity contribution is 6.00. The molecular weight excluding hydrogens is 428 g/mol. The fourth-order valence-electron chi connectivity index (χ4n) is 5.87. The maximum atomic E-state index is 13.9. The van der Waals surface area contributed by atoms with Gasteiger partial charge in [0.2, 0.25) is 5.91 Å². The van der Waals surface area contributed by atoms with E-state index < -0.39 is 0 Å². The second kappa shape index (κ2) is 9.19. The fraction of sp³-hybridized carbons (Fsp3) is 0.556. The number of hydrogen-bond acceptors (Lipinski definition) is 6. The number of aromatic nitrogens is 1. The van der Waals surface area contributed by atoms with Crippen molar-refractivity contribution < 1.29 is 14.3 Å². The van der Waals surface area contributed by atoms with Crippen LogP contribution in [0, 0.1) is 11.8 Å². The summed E-state index contributed by atoms with van der Waals surface area (Å²) in [5, 5.41) is 3.52. The van der Waals surface area contributed by atoms with Gasteiger partial charge in [-0.2, -0.15) is 0 Å². The topological polar surface area (TPSA) is 66.9 Å². The summed E-state index contributed by atoms with van der Waals surface area (Å²) in [6.07, 6.45) is 8.30. The first-order valence-electron chi connectivity index (χ1n) is 12.7. The normalized spacial score (nSPS) is 26.8. The average Bonchev–Trinajstić information content (AvgIpc) is 3.74. The molecule has 2 saturated carbocycles. The van der Waals surface area contributed by atoms with Gasteiger partial charge in [0.05, 0.1) is 43.3 Å². The minimum Gasteiger partial charge on any atom is -0.381 e. The number of carbonyl (C=O) groups excluding carboxylic acids is 1. The lowest BCUT2D eigenvalue weighted by atomic mass is 9.86. The van der Waals surface area contributed by atoms with Gasteiger partial charge in [-0.15, -0.1) is 0 Å². The van der Waals surface area contributed by atoms with Gasteiger partial charge in [-0.05, 0) is 68.7 Å². The quantitative estimate of drug-likeness (QED) is 0.722. The first-order chi connectivity index (χ1) is 16.7. The summed E-state index contributed by atoms with van der Waals surface area (Å²) in [6.45, 7) is 2.97. The van der Waals surface area contributed by atoms with Crippen LogP contribution in [0.25, 0.3) is 0 Å². The lowest BCUT2D eigenvalue weighted by Gasteiger charge is -2.38. The van der Waals surface area contributed by atoms with Gasteiger partial charge in [-0.1, -0.05) is 6.07 Å². The molecule has 1 saturated heterocycles. The standard InChI is InChI=1S/C27H34N4O3/c1-33-22-9-6-19(7-10-22)27(32)31-16-20-3-2-12-28-26(20)29-23-11-8-21(15-24(23)31)30-13-14-34-17-25(30)18-4-5-18/h2-3,8,11-12,15,18-19,22,25H,4-7,9-10,13-14,16-17H2,1H3,(H,28,29). The molecule has 6 rings (SSSR count). The fourth-order valence-corrected chi connectivity index (χ4v) is 5.87. The van der Waals surface area contributed by atoms with Crippen molar-refractivity contribution in [2.24, 2.45) is 11.8 Å². The van der Waals surface area contributed by atoms with Gasteiger partial charge in [0.1, 0.15) is 5.82 Å². The average molecular weight is 463 g/mol. The van der Waals surface area contributed by atoms with Crippen LogP contribution in [0.4, 0.5) is 22.9 Å². The molecule has 3 heterocycles. The molecule has 2 aliphatic carbocycles. The van der Waals surface area contributed by atoms with Crippen molar-refractivity contribution in [1.29, 1.82) is 0 Å². The van der Waals surface area contributed by atoms with Crippen molar-refractivity contribution in [2.75, 3.05) is 42.0 Å². The van der Waals surface area contributed by atoms with Crippen molar-refractivity contribution in [3.63, 3.8) is 0 Å². The summed E-state index contributed by atoms with van der Waals surface area (Å²) < 4.78 is 11.4. The Hall–Kier alpha value is -2.64. The third-order valence-corrected chi connectivity index (χ3v) is 8.03. The molecule has 1 atom stereocenters. The molecule has 2 aromatic rings. The Morgan fingerprint density at radius 2 is 2.00 bits per heavy atom. The zero-order valence-electron chi connectivity index (χ0n) is 19.9. The number of ether oxygens (including phenoxy) is 2. The summed E-state index contributed by atoms with van der Waals surface area (Å²) in [5.41, 5.74) is 4.12. The molecule has 1 unspecified atom stereocenters. The Bertz CT molecular complexity index is 1050. The zero-order valence-corrected chi connectivity index (χ0v) is 19.9. The van der Waals surface area contributed by atoms with Crippen LogP contribution < -0.4 is 15.1 Å². The van der Waals surface area contributed by atoms with E-state index in [-0.39, 0.29) is 17.9 Å². The van der Waals surface area contributed by atoms with Gasteiger partial charge in [0.25, 0.3) is 0 Å². The highest BCUT2D eigenvalue weighted by atomic mass is 16.5. The molecule has 4 aliphatic rings. The number of nitrogens with zero attached hydrogens (tertiary/aromatic N) is 3. The van der Waals surface area contributed by atoms with Crippen LogP contribution in [0.2, 0.25) is 0 Å². The number of fused-ring (bicyclic) bond motifs is 2. The molecule has 0 spiro atoms. The van der Waals surface area contributed by atoms with Crippen LogP contribution in [-0.4, -0.2) is 49.9 Å². The number of pyridine rings is 1. The van der Waals surface area contributed by atoms with Crippen molar-refractivity contribution in [1.82, 2.24) is 4.98 Å². The van der Waals surface area contributed by atoms with E-state index in [1.165, 1.54) is 18.5 Å². The van der Waals surface area contributed by atoms with E-state index in [0.29, 0.717) is 12.6 Å². The lowest BCUT2D eigenvalue weighted by molar-refractivity contribution is -0.124. The Balaban J connectivity index is 1.35. The van der Waals surface area contributed by atoms with Gasteiger partial charge in [0, 0.05) is 37.0 Å². The van der Waals surface area contributed by atoms with E-state index in [9.17, 15) is 4.79 Å². The molecule has 3 fully saturated rings. The third-order valence-electron chi connectivity index (χ3n) is 8.03. The smallest absolute Gasteiger partial charge is 0.230 e. The maximum Gasteiger partial charge on any atom is 0.230 e. The second-order valence-electron chi connectivity index (χ2n) is 10.1. The van der Waals surface area contributed by atoms with Gasteiger partial charge >= 0.3 is 0 Å². The first kappa shape index (κ1) is 21.9. The Morgan fingerprint density at radius 3 is 2.79 bits per heavy atom. The number of morpholine rings is 1. The Morgan fingerprint density at radius 1 is 1.15 bits per heavy atom. The molecule has 1 amide bonds. The van der Waals surface area contributed by atoms with E-state index >= 15 is 0 Å². The number of nitrogens with one attached hydrogen (secondary N) is 1. The molecule has 1 aromatic carbocycles. The highest BCUT2D eigenvalue weighted by Crippen LogP contribution is 2.42. The number of amides is 1. The minimum absolute atomic E-state index is 0.0312. The van der Waals surface area contributed by atoms with Crippen molar-refractivity contribution in [3.8, 4) is 0 Å². The van der Waals surface area contributed by atoms with Gasteiger partial charge < -0.3 is 24.6 Å². The van der Waals surface area contributed by atoms with Gasteiger partial charge in [0.15, 0.2) is 0 Å². The maximum absolute atomic E-state index is 13.9. The van der Waals surface area contributed by atoms with Crippen molar-refractivity contribution in [2.45, 2.75) is 57.2 Å². The lowest BCUT2D eigenvalue weighted by Crippen LogP contribution is -2.47. The summed E-state index contributed by atoms with van der Waals surface area (Å²) >= 11 is 0. The molecule has 180 valence electrons. The highest BCUT2D eigenvalue weighted by Gasteiger charge is 2.38. The van der Waals surface area contributed by atoms with Crippen LogP contribution in [0.5, 0.6) is 0 Å². The molecule has 1 N–H and O–H groups in total. The number of benzene rings is 1. The summed E-state index contributed by atoms with van der Waals surface area (Å²) in [5.74, 6) is 1.80. The molecule has 34 heavy (non-hydrogen) atoms. The summed E-state index contributed by atoms with van der Waals surface area (Å²) in [4.78, 5) is 23.0. The Kier molecular flexibility index (Phi) is 5.91. The molecule has 7 nitrogen and oxygen atoms in total. The summed E-state index contributed by atoms with van der Waals surface area (Å²) in [7, 11) is 1.77. The van der Waals surface area contributed by atoms with E-state index in [4.69, 9.17) is 9.47 Å². The van der Waals surface area contributed by atoms with Crippen LogP contribution in [0.1, 0.15) is 44.1 Å². The molecule has 7 heteroatoms. The molecular formula is C27H34N4O3. The van der Waals surface area contributed by atoms with Crippen LogP contribution in [0.15, 0.2) is 36.5 Å². The monoisotopic (exact) mass is 462 g/mol. The van der Waals surface area contributed by atoms with E-state index in [0.717, 1.165) is 74.1 Å². The third kappa shape index (κ3) is 4.16. The number of rotatable bonds is 4. The predicted octanol–water partition coefficient (Wildman–Crippen LogP) is 4.49. The van der Waals surface area contributed by atoms with Crippen LogP contribution in [0.3, 0.4) is 0 Å². The number of carbonyl (C=O) groups is 1. The molecule has 0 bridgehead atoms. The van der Waals surface area contributed by atoms with E-state index in [1.54, 1.807) is 13.3 Å². The van der Waals surface area contributed by atoms with Crippen LogP contribution in [-0.2, 0) is 20.8 Å². The van der Waals surface area contributed by atoms with Gasteiger partial charge in [-0.25, -0.2) is 4.98 Å². The second-order valence-corrected chi connectivity index (χ2v) is 10.1. The van der Waals surface area contributed by atoms with E-state index in [2.05, 4.69) is 39.5 Å². The van der Waals surface area contributed by atoms with Crippen LogP contribution >= 0.6 is 0 Å². The SMILES string of the molecule is COC1CCC(C(=O)N2Cc3cccnc3Nc3ccc(N4CCOCC4C4CC4)cc32)CC1. The minimum atomic E-state index is 0.0312. The zero-order chi connectivity index (χ0) is 23.1. The summed E-state index contributed by atoms with van der Waals surface area (Å²) in [6, 6.07) is 11.0. The van der Waals surface area contributed by atoms with Crippen molar-refractivity contribution >= 4 is 28.8 Å². The molecule has 0 radical (unpaired) electrons. The van der Waals surface area contributed by atoms with E-state index in [1.807, 2.05) is 11.0 Å². The largest absolute Gasteiger partial charge is 0.381 e. The number of methoxy groups -OCH3 is 1. The van der Waals surface area contributed by atoms with Gasteiger partial charge in [-0.3, -0.25) is 4.79 Å². The first-order valence-corrected chi connectivity index (χ1v) is 12.7. The molecule has 2 aliphatic heterocycles. The number of anilines is 4. The van der Waals surface area contributed by atoms with Crippen molar-refractivity contribution in [3.05, 3.63) is 42.1 Å². The molecule has 1 aromatic heterocycles. The number of hydrogen-bond donors (Lipinski definition) is 1. The Labute approximate surface area is 201 Å². The predicted molar refractivity (Wildman–Crippen MR) is 133 cm³/mol.